The Morgan fingerprint density at radius 1 is 0.510 bits per heavy atom. The minimum absolute atomic E-state index is 0.625. The molecule has 8 aromatic carbocycles. The highest BCUT2D eigenvalue weighted by atomic mass is 32.1. The van der Waals surface area contributed by atoms with E-state index in [0.717, 1.165) is 44.2 Å². The summed E-state index contributed by atoms with van der Waals surface area (Å²) in [5.41, 5.74) is 6.26. The Balaban J connectivity index is 1.24. The third-order valence-corrected chi connectivity index (χ3v) is 11.8. The van der Waals surface area contributed by atoms with E-state index in [0.29, 0.717) is 11.5 Å². The van der Waals surface area contributed by atoms with Crippen LogP contribution in [0.15, 0.2) is 156 Å². The summed E-state index contributed by atoms with van der Waals surface area (Å²) in [5, 5.41) is 13.3. The lowest BCUT2D eigenvalue weighted by molar-refractivity contribution is 0.666. The van der Waals surface area contributed by atoms with Crippen molar-refractivity contribution in [2.24, 2.45) is 0 Å². The second-order valence-electron chi connectivity index (χ2n) is 13.3. The summed E-state index contributed by atoms with van der Waals surface area (Å²) >= 11 is 1.87. The van der Waals surface area contributed by atoms with Crippen molar-refractivity contribution < 1.29 is 4.42 Å². The predicted molar refractivity (Wildman–Crippen MR) is 214 cm³/mol. The summed E-state index contributed by atoms with van der Waals surface area (Å²) in [5.74, 6) is 0.625. The Morgan fingerprint density at radius 3 is 2.10 bits per heavy atom. The van der Waals surface area contributed by atoms with Crippen LogP contribution in [0.4, 0.5) is 0 Å². The number of hydrogen-bond acceptors (Lipinski definition) is 4. The van der Waals surface area contributed by atoms with Gasteiger partial charge in [0, 0.05) is 47.3 Å². The largest absolute Gasteiger partial charge is 0.452 e. The molecule has 0 saturated heterocycles. The first-order valence-electron chi connectivity index (χ1n) is 17.2. The fraction of sp³-hybridized carbons (Fsp3) is 0. The van der Waals surface area contributed by atoms with Gasteiger partial charge in [-0.1, -0.05) is 121 Å². The highest BCUT2D eigenvalue weighted by Crippen LogP contribution is 2.48. The number of nitrogens with zero attached hydrogens (tertiary/aromatic N) is 3. The summed E-state index contributed by atoms with van der Waals surface area (Å²) in [4.78, 5) is 10.9. The Hall–Kier alpha value is -6.56. The molecule has 0 spiro atoms. The molecule has 4 aromatic heterocycles. The molecule has 0 atom stereocenters. The molecule has 0 N–H and O–H groups in total. The predicted octanol–water partition coefficient (Wildman–Crippen LogP) is 13.0. The second-order valence-corrected chi connectivity index (χ2v) is 14.3. The molecular weight excluding hydrogens is 643 g/mol. The summed E-state index contributed by atoms with van der Waals surface area (Å²) in [7, 11) is 0. The van der Waals surface area contributed by atoms with Gasteiger partial charge in [0.15, 0.2) is 5.58 Å². The highest BCUT2D eigenvalue weighted by molar-refractivity contribution is 7.27. The van der Waals surface area contributed by atoms with Gasteiger partial charge in [0.1, 0.15) is 16.8 Å². The van der Waals surface area contributed by atoms with Gasteiger partial charge in [0.2, 0.25) is 5.95 Å². The average Bonchev–Trinajstić information content (AvgIpc) is 3.87. The van der Waals surface area contributed by atoms with Gasteiger partial charge < -0.3 is 4.42 Å². The van der Waals surface area contributed by atoms with Crippen LogP contribution in [0, 0.1) is 0 Å². The zero-order chi connectivity index (χ0) is 33.2. The number of para-hydroxylation sites is 2. The van der Waals surface area contributed by atoms with Gasteiger partial charge in [0.25, 0.3) is 0 Å². The third kappa shape index (κ3) is 3.68. The molecule has 12 rings (SSSR count). The minimum Gasteiger partial charge on any atom is -0.452 e. The lowest BCUT2D eigenvalue weighted by atomic mass is 9.99. The molecule has 0 aliphatic rings. The molecule has 0 radical (unpaired) electrons. The molecule has 0 aliphatic carbocycles. The molecule has 5 heteroatoms. The number of fused-ring (bicyclic) bond motifs is 16. The van der Waals surface area contributed by atoms with Crippen LogP contribution >= 0.6 is 11.3 Å². The number of furan rings is 1. The number of benzene rings is 8. The van der Waals surface area contributed by atoms with Crippen molar-refractivity contribution in [1.29, 1.82) is 0 Å². The van der Waals surface area contributed by atoms with Gasteiger partial charge >= 0.3 is 0 Å². The molecular formula is C46H25N3OS. The van der Waals surface area contributed by atoms with E-state index >= 15 is 0 Å². The summed E-state index contributed by atoms with van der Waals surface area (Å²) in [6, 6.07) is 54.0. The van der Waals surface area contributed by atoms with Crippen molar-refractivity contribution in [3.63, 3.8) is 0 Å². The van der Waals surface area contributed by atoms with Crippen molar-refractivity contribution in [3.05, 3.63) is 152 Å². The van der Waals surface area contributed by atoms with Crippen LogP contribution in [0.2, 0.25) is 0 Å². The van der Waals surface area contributed by atoms with Crippen LogP contribution in [-0.4, -0.2) is 14.5 Å². The Morgan fingerprint density at radius 2 is 1.20 bits per heavy atom. The molecule has 4 heterocycles. The van der Waals surface area contributed by atoms with Gasteiger partial charge in [-0.3, -0.25) is 4.57 Å². The first-order chi connectivity index (χ1) is 25.3. The molecule has 0 bridgehead atoms. The molecule has 51 heavy (non-hydrogen) atoms. The maximum absolute atomic E-state index is 6.60. The maximum Gasteiger partial charge on any atom is 0.236 e. The molecule has 0 amide bonds. The van der Waals surface area contributed by atoms with Gasteiger partial charge in [-0.05, 0) is 57.3 Å². The van der Waals surface area contributed by atoms with Crippen LogP contribution < -0.4 is 0 Å². The van der Waals surface area contributed by atoms with E-state index in [4.69, 9.17) is 14.4 Å². The van der Waals surface area contributed by atoms with Crippen LogP contribution in [0.5, 0.6) is 0 Å². The van der Waals surface area contributed by atoms with E-state index in [-0.39, 0.29) is 0 Å². The Kier molecular flexibility index (Phi) is 5.35. The second kappa shape index (κ2) is 10.0. The van der Waals surface area contributed by atoms with Crippen molar-refractivity contribution >= 4 is 108 Å². The quantitative estimate of drug-likeness (QED) is 0.172. The maximum atomic E-state index is 6.60. The zero-order valence-electron chi connectivity index (χ0n) is 27.1. The van der Waals surface area contributed by atoms with Crippen LogP contribution in [-0.2, 0) is 0 Å². The fourth-order valence-corrected chi connectivity index (χ4v) is 9.64. The Labute approximate surface area is 294 Å². The smallest absolute Gasteiger partial charge is 0.236 e. The van der Waals surface area contributed by atoms with Gasteiger partial charge in [0.05, 0.1) is 11.0 Å². The third-order valence-electron chi connectivity index (χ3n) is 10.6. The highest BCUT2D eigenvalue weighted by Gasteiger charge is 2.25. The number of rotatable bonds is 2. The molecule has 0 unspecified atom stereocenters. The minimum atomic E-state index is 0.625. The zero-order valence-corrected chi connectivity index (χ0v) is 27.9. The van der Waals surface area contributed by atoms with Gasteiger partial charge in [-0.15, -0.1) is 11.3 Å². The molecule has 0 saturated carbocycles. The molecule has 0 aliphatic heterocycles. The fourth-order valence-electron chi connectivity index (χ4n) is 8.36. The molecule has 236 valence electrons. The van der Waals surface area contributed by atoms with E-state index in [1.54, 1.807) is 0 Å². The van der Waals surface area contributed by atoms with Crippen molar-refractivity contribution in [3.8, 4) is 17.2 Å². The summed E-state index contributed by atoms with van der Waals surface area (Å²) < 4.78 is 11.5. The Bertz CT molecular complexity index is 3440. The van der Waals surface area contributed by atoms with Crippen LogP contribution in [0.3, 0.4) is 0 Å². The van der Waals surface area contributed by atoms with E-state index in [2.05, 4.69) is 138 Å². The normalized spacial score (nSPS) is 12.3. The summed E-state index contributed by atoms with van der Waals surface area (Å²) in [6.07, 6.45) is 0. The van der Waals surface area contributed by atoms with E-state index in [1.165, 1.54) is 57.9 Å². The lowest BCUT2D eigenvalue weighted by Crippen LogP contribution is -2.03. The molecule has 0 fully saturated rings. The first-order valence-corrected chi connectivity index (χ1v) is 18.0. The topological polar surface area (TPSA) is 43.9 Å². The first kappa shape index (κ1) is 27.3. The van der Waals surface area contributed by atoms with E-state index in [1.807, 2.05) is 29.5 Å². The van der Waals surface area contributed by atoms with Gasteiger partial charge in [-0.2, -0.15) is 0 Å². The molecule has 4 nitrogen and oxygen atoms in total. The van der Waals surface area contributed by atoms with E-state index < -0.39 is 0 Å². The lowest BCUT2D eigenvalue weighted by Gasteiger charge is -2.12. The van der Waals surface area contributed by atoms with Crippen molar-refractivity contribution in [2.45, 2.75) is 0 Å². The standard InChI is InChI=1S/C46H25N3OS/c1-2-12-29-26(11-1)21-22-27-25-28(23-24-30(27)29)41-44-42(34-16-6-9-19-37(34)50-44)48-46(47-41)49-36-18-8-5-15-33(36)40-43(49)32-14-4-3-13-31(32)39-35-17-7-10-20-38(35)51-45(39)40/h1-25H. The molecule has 12 aromatic rings. The number of aromatic nitrogens is 3. The van der Waals surface area contributed by atoms with Gasteiger partial charge in [-0.25, -0.2) is 9.97 Å². The van der Waals surface area contributed by atoms with Crippen LogP contribution in [0.1, 0.15) is 0 Å². The van der Waals surface area contributed by atoms with Crippen LogP contribution in [0.25, 0.3) is 114 Å². The van der Waals surface area contributed by atoms with E-state index in [9.17, 15) is 0 Å². The monoisotopic (exact) mass is 667 g/mol. The number of thiophene rings is 1. The van der Waals surface area contributed by atoms with Crippen molar-refractivity contribution in [1.82, 2.24) is 14.5 Å². The van der Waals surface area contributed by atoms with Crippen molar-refractivity contribution in [2.75, 3.05) is 0 Å². The average molecular weight is 668 g/mol. The number of hydrogen-bond donors (Lipinski definition) is 0. The summed E-state index contributed by atoms with van der Waals surface area (Å²) in [6.45, 7) is 0. The SMILES string of the molecule is c1ccc2c(c1)ccc1cc(-c3nc(-n4c5ccccc5c5c6sc7ccccc7c6c6ccccc6c54)nc4c3oc3ccccc34)ccc12.